The van der Waals surface area contributed by atoms with Crippen molar-refractivity contribution in [2.45, 2.75) is 0 Å². The van der Waals surface area contributed by atoms with Crippen molar-refractivity contribution in [3.63, 3.8) is 0 Å². The molecular weight excluding hydrogens is 2120 g/mol. The normalized spacial score (nSPS) is 7.82. The average molecular weight is 2120 g/mol. The van der Waals surface area contributed by atoms with E-state index in [4.69, 9.17) is 22.4 Å². The molecule has 0 aromatic rings. The van der Waals surface area contributed by atoms with Crippen LogP contribution >= 0.6 is 0 Å². The van der Waals surface area contributed by atoms with E-state index in [1.807, 2.05) is 444 Å². The first-order valence-electron chi connectivity index (χ1n) is 10.8. The van der Waals surface area contributed by atoms with Gasteiger partial charge in [0.1, 0.15) is 0 Å². The Morgan fingerprint density at radius 3 is 0.167 bits per heavy atom. The second kappa shape index (κ2) is 79.5. The van der Waals surface area contributed by atoms with Crippen molar-refractivity contribution in [3.05, 3.63) is 0 Å². The summed E-state index contributed by atoms with van der Waals surface area (Å²) in [5.41, 5.74) is 0. The Kier molecular flexibility index (Phi) is 97.0. The van der Waals surface area contributed by atoms with Crippen LogP contribution in [-0.4, -0.2) is 0 Å². The summed E-state index contributed by atoms with van der Waals surface area (Å²) in [6.07, 6.45) is 0. The van der Waals surface area contributed by atoms with Gasteiger partial charge in [-0.1, -0.05) is 0 Å². The van der Waals surface area contributed by atoms with Gasteiger partial charge in [0.2, 0.25) is 0 Å². The Balaban J connectivity index is 6.13. The minimum Gasteiger partial charge on any atom is 0 e. The largest absolute Gasteiger partial charge is 0 e. The molecule has 396 valence electrons. The van der Waals surface area contributed by atoms with Gasteiger partial charge in [0.15, 0.2) is 0 Å². The van der Waals surface area contributed by atoms with E-state index in [2.05, 4.69) is 0 Å². The first kappa shape index (κ1) is 80.5. The standard InChI is InChI=1S/S66/c1-3-5-7-9-11-13-15-17-19-21-23-25-27-29-31-33-35-37-39-41-43-45-47-49-51-53-55-57-59-61-63-65-66-64-62-60-58-56-54-52-50-48-46-44-42-40-38-36-34-32-30-28-26-24-22-20-18-16-14-12-10-8-6-4-2. The van der Waals surface area contributed by atoms with Crippen LogP contribution in [0, 0.1) is 0 Å². The van der Waals surface area contributed by atoms with E-state index < -0.39 is 0 Å². The fourth-order valence-electron chi connectivity index (χ4n) is 0.703. The smallest absolute Gasteiger partial charge is 0 e. The highest BCUT2D eigenvalue weighted by atomic mass is 33.5. The summed E-state index contributed by atoms with van der Waals surface area (Å²) in [5, 5.41) is 0. The maximum Gasteiger partial charge on any atom is 0 e. The van der Waals surface area contributed by atoms with Gasteiger partial charge in [0, 0.05) is 591 Å². The van der Waals surface area contributed by atoms with Crippen molar-refractivity contribution in [2.75, 3.05) is 0 Å². The van der Waals surface area contributed by atoms with Crippen LogP contribution < -0.4 is 0 Å². The molecule has 0 aliphatic rings. The lowest BCUT2D eigenvalue weighted by Crippen LogP contribution is -1.41. The summed E-state index contributed by atoms with van der Waals surface area (Å²) in [6.45, 7) is 0. The Bertz CT molecular complexity index is 4510. The highest BCUT2D eigenvalue weighted by molar-refractivity contribution is 8.84. The molecule has 66 heteroatoms. The summed E-state index contributed by atoms with van der Waals surface area (Å²) in [4.78, 5) is 0. The summed E-state index contributed by atoms with van der Waals surface area (Å²) in [7, 11) is 115. The summed E-state index contributed by atoms with van der Waals surface area (Å²) >= 11 is 9.64. The molecule has 0 heterocycles. The van der Waals surface area contributed by atoms with Gasteiger partial charge in [-0.25, -0.2) is 0 Å². The van der Waals surface area contributed by atoms with Crippen LogP contribution in [0.1, 0.15) is 0 Å². The summed E-state index contributed by atoms with van der Waals surface area (Å²) in [5.74, 6) is 0. The molecule has 0 saturated carbocycles. The van der Waals surface area contributed by atoms with Gasteiger partial charge in [-0.3, -0.25) is 0 Å². The second-order valence-electron chi connectivity index (χ2n) is 4.35. The zero-order chi connectivity index (χ0) is 47.3. The third-order valence-corrected chi connectivity index (χ3v) is 142. The van der Waals surface area contributed by atoms with Gasteiger partial charge < -0.3 is 0 Å². The third kappa shape index (κ3) is 78.5. The molecule has 0 rings (SSSR count). The number of hydrogen-bond acceptors (Lipinski definition) is 2. The van der Waals surface area contributed by atoms with Crippen LogP contribution in [0.5, 0.6) is 0 Å². The van der Waals surface area contributed by atoms with Crippen molar-refractivity contribution in [2.24, 2.45) is 0 Å². The van der Waals surface area contributed by atoms with Gasteiger partial charge in [-0.2, -0.15) is 0 Å². The number of rotatable bonds is 0. The van der Waals surface area contributed by atoms with Crippen LogP contribution in [0.15, 0.2) is 0 Å². The average Bonchev–Trinajstić information content (AvgIpc) is 3.33. The molecule has 66 heavy (non-hydrogen) atoms. The zero-order valence-corrected chi connectivity index (χ0v) is 80.8. The molecule has 0 unspecified atom stereocenters. The summed E-state index contributed by atoms with van der Waals surface area (Å²) < 4.78 is 0. The Hall–Kier alpha value is 14.5. The van der Waals surface area contributed by atoms with Crippen LogP contribution in [0.2, 0.25) is 0 Å². The monoisotopic (exact) mass is 2110 g/mol. The fraction of sp³-hybridized carbons (Fsp3) is 0. The molecule has 0 aromatic heterocycles. The Labute approximate surface area is 572 Å². The molecule has 0 aliphatic carbocycles. The van der Waals surface area contributed by atoms with E-state index in [0.29, 0.717) is 0 Å². The van der Waals surface area contributed by atoms with Crippen LogP contribution in [0.3, 0.4) is 0 Å². The molecule has 0 radical (unpaired) electrons. The molecule has 0 N–H and O–H groups in total. The van der Waals surface area contributed by atoms with E-state index in [1.165, 1.54) is 17.8 Å². The zero-order valence-electron chi connectivity index (χ0n) is 26.9. The van der Waals surface area contributed by atoms with Gasteiger partial charge in [0.25, 0.3) is 0 Å². The lowest BCUT2D eigenvalue weighted by Gasteiger charge is -1.41. The highest BCUT2D eigenvalue weighted by Gasteiger charge is 1.47. The molecule has 0 saturated heterocycles. The van der Waals surface area contributed by atoms with Crippen molar-refractivity contribution in [3.8, 4) is 0 Å². The predicted octanol–water partition coefficient (Wildman–Crippen LogP) is -0.158. The van der Waals surface area contributed by atoms with Crippen LogP contribution in [-0.2, 0) is 591 Å². The molecule has 0 aromatic carbocycles. The maximum atomic E-state index is 4.82. The second-order valence-corrected chi connectivity index (χ2v) is 118. The first-order valence-corrected chi connectivity index (χ1v) is 97.5. The molecule has 0 amide bonds. The summed E-state index contributed by atoms with van der Waals surface area (Å²) in [6, 6.07) is 0. The lowest BCUT2D eigenvalue weighted by molar-refractivity contribution is 5.95. The number of hydrogen-bond donors (Lipinski definition) is 0. The van der Waals surface area contributed by atoms with Gasteiger partial charge in [0.05, 0.1) is 0 Å². The van der Waals surface area contributed by atoms with Crippen molar-refractivity contribution < 1.29 is 0 Å². The van der Waals surface area contributed by atoms with E-state index in [0.717, 1.165) is 0 Å². The van der Waals surface area contributed by atoms with E-state index in [1.54, 1.807) is 107 Å². The molecule has 0 spiro atoms. The van der Waals surface area contributed by atoms with E-state index in [9.17, 15) is 0 Å². The van der Waals surface area contributed by atoms with Gasteiger partial charge in [-0.05, 0) is 0 Å². The lowest BCUT2D eigenvalue weighted by atomic mass is 30.7. The van der Waals surface area contributed by atoms with Crippen LogP contribution in [0.4, 0.5) is 0 Å². The third-order valence-electron chi connectivity index (χ3n) is 1.75. The molecule has 0 bridgehead atoms. The molecule has 0 nitrogen and oxygen atoms in total. The van der Waals surface area contributed by atoms with Crippen molar-refractivity contribution in [1.82, 2.24) is 0 Å². The first-order chi connectivity index (χ1) is 32.9. The highest BCUT2D eigenvalue weighted by Crippen LogP contribution is 1.47. The van der Waals surface area contributed by atoms with Crippen molar-refractivity contribution >= 4 is 591 Å². The predicted molar refractivity (Wildman–Crippen MR) is 486 cm³/mol. The fourth-order valence-corrected chi connectivity index (χ4v) is 171. The van der Waals surface area contributed by atoms with Gasteiger partial charge in [-0.15, -0.1) is 0 Å². The van der Waals surface area contributed by atoms with Crippen molar-refractivity contribution in [1.29, 1.82) is 0 Å². The minimum atomic E-state index is 1.37. The van der Waals surface area contributed by atoms with E-state index in [-0.39, 0.29) is 0 Å². The van der Waals surface area contributed by atoms with E-state index >= 15 is 0 Å². The van der Waals surface area contributed by atoms with Crippen LogP contribution in [0.25, 0.3) is 0 Å². The van der Waals surface area contributed by atoms with Gasteiger partial charge >= 0.3 is 0 Å². The quantitative estimate of drug-likeness (QED) is 0.332. The molecule has 0 aliphatic heterocycles. The Morgan fingerprint density at radius 1 is 0.0758 bits per heavy atom. The molecule has 0 fully saturated rings. The minimum absolute atomic E-state index is 1.37. The topological polar surface area (TPSA) is 0 Å². The maximum absolute atomic E-state index is 4.82. The molecule has 0 atom stereocenters. The Morgan fingerprint density at radius 2 is 0.121 bits per heavy atom. The SMILES string of the molecule is S=S=S=S=S=S=S=S=S=S=S=S=S=S=S=S=S=S=S=S=S=S=S=S=S=S=S=S=S=S=S=S=S=S=S=S=S=S=S=S=S=S=S=S=S=S=S=S=S=S=S=S=S=S=S=S=S=S=S=S=S=S=S=S=S=S. The molecular formula is S66.